The van der Waals surface area contributed by atoms with Crippen molar-refractivity contribution in [3.63, 3.8) is 0 Å². The largest absolute Gasteiger partial charge is 0.344 e. The summed E-state index contributed by atoms with van der Waals surface area (Å²) in [5.41, 5.74) is 0. The van der Waals surface area contributed by atoms with Gasteiger partial charge >= 0.3 is 0 Å². The summed E-state index contributed by atoms with van der Waals surface area (Å²) < 4.78 is 0. The second-order valence-corrected chi connectivity index (χ2v) is 1.73. The van der Waals surface area contributed by atoms with Crippen molar-refractivity contribution in [3.8, 4) is 0 Å². The van der Waals surface area contributed by atoms with E-state index in [0.29, 0.717) is 0 Å². The van der Waals surface area contributed by atoms with Gasteiger partial charge in [-0.1, -0.05) is 6.92 Å². The van der Waals surface area contributed by atoms with Crippen LogP contribution in [-0.2, 0) is 0 Å². The Morgan fingerprint density at radius 2 is 1.80 bits per heavy atom. The summed E-state index contributed by atoms with van der Waals surface area (Å²) in [5, 5.41) is 0. The van der Waals surface area contributed by atoms with E-state index in [1.54, 1.807) is 0 Å². The molecule has 0 aliphatic heterocycles. The molecule has 34 valence electrons. The first-order valence-electron chi connectivity index (χ1n) is 1.40. The van der Waals surface area contributed by atoms with Gasteiger partial charge in [-0.2, -0.15) is 11.8 Å². The molecule has 0 radical (unpaired) electrons. The first-order chi connectivity index (χ1) is 1.91. The van der Waals surface area contributed by atoms with Crippen LogP contribution in [0, 0.1) is 0 Å². The predicted octanol–water partition coefficient (Wildman–Crippen LogP) is 1.53. The topological polar surface area (TPSA) is 35.0 Å². The molecule has 0 atom stereocenters. The minimum absolute atomic E-state index is 0. The lowest BCUT2D eigenvalue weighted by molar-refractivity contribution is 1.53. The van der Waals surface area contributed by atoms with E-state index in [4.69, 9.17) is 0 Å². The highest BCUT2D eigenvalue weighted by Crippen LogP contribution is 1.83. The average molecular weight is 93.2 g/mol. The first kappa shape index (κ1) is 9.00. The summed E-state index contributed by atoms with van der Waals surface area (Å²) >= 11 is 1.86. The summed E-state index contributed by atoms with van der Waals surface area (Å²) in [6.07, 6.45) is 2.10. The fourth-order valence-electron chi connectivity index (χ4n) is 0. The number of thioether (sulfide) groups is 1. The summed E-state index contributed by atoms with van der Waals surface area (Å²) in [5.74, 6) is 1.24. The molecule has 0 saturated heterocycles. The molecule has 0 aliphatic rings. The van der Waals surface area contributed by atoms with E-state index in [1.165, 1.54) is 5.75 Å². The monoisotopic (exact) mass is 93.1 g/mol. The van der Waals surface area contributed by atoms with Gasteiger partial charge in [0.25, 0.3) is 0 Å². The Kier molecular flexibility index (Phi) is 15.9. The highest BCUT2D eigenvalue weighted by atomic mass is 32.2. The van der Waals surface area contributed by atoms with Crippen LogP contribution < -0.4 is 6.15 Å². The fraction of sp³-hybridized carbons (Fsp3) is 1.00. The highest BCUT2D eigenvalue weighted by molar-refractivity contribution is 7.98. The van der Waals surface area contributed by atoms with Gasteiger partial charge < -0.3 is 6.15 Å². The molecular weight excluding hydrogens is 82.1 g/mol. The number of hydrogen-bond acceptors (Lipinski definition) is 2. The minimum Gasteiger partial charge on any atom is -0.344 e. The smallest absolute Gasteiger partial charge is 0.00988 e. The zero-order chi connectivity index (χ0) is 3.41. The molecular formula is C3H11NS. The van der Waals surface area contributed by atoms with E-state index < -0.39 is 0 Å². The van der Waals surface area contributed by atoms with Crippen molar-refractivity contribution in [2.24, 2.45) is 0 Å². The number of rotatable bonds is 1. The number of hydrogen-bond donors (Lipinski definition) is 1. The van der Waals surface area contributed by atoms with Crippen LogP contribution in [0.1, 0.15) is 6.92 Å². The van der Waals surface area contributed by atoms with Crippen molar-refractivity contribution in [1.82, 2.24) is 6.15 Å². The van der Waals surface area contributed by atoms with Crippen LogP contribution in [-0.4, -0.2) is 12.0 Å². The SMILES string of the molecule is CCSC.N. The Morgan fingerprint density at radius 1 is 1.60 bits per heavy atom. The van der Waals surface area contributed by atoms with Crippen molar-refractivity contribution in [1.29, 1.82) is 0 Å². The lowest BCUT2D eigenvalue weighted by Gasteiger charge is -1.69. The molecule has 0 amide bonds. The maximum absolute atomic E-state index is 2.14. The zero-order valence-electron chi connectivity index (χ0n) is 3.82. The first-order valence-corrected chi connectivity index (χ1v) is 2.80. The second-order valence-electron chi connectivity index (χ2n) is 0.577. The molecule has 0 unspecified atom stereocenters. The molecule has 0 rings (SSSR count). The third-order valence-corrected chi connectivity index (χ3v) is 0.866. The molecule has 0 aromatic carbocycles. The van der Waals surface area contributed by atoms with E-state index in [9.17, 15) is 0 Å². The molecule has 0 aromatic heterocycles. The van der Waals surface area contributed by atoms with Gasteiger partial charge in [-0.15, -0.1) is 0 Å². The highest BCUT2D eigenvalue weighted by Gasteiger charge is 1.55. The average Bonchev–Trinajstić information content (AvgIpc) is 1.37. The molecule has 0 aromatic rings. The minimum atomic E-state index is 0. The molecule has 3 N–H and O–H groups in total. The van der Waals surface area contributed by atoms with Gasteiger partial charge in [-0.25, -0.2) is 0 Å². The summed E-state index contributed by atoms with van der Waals surface area (Å²) in [7, 11) is 0. The molecule has 0 saturated carbocycles. The Bertz CT molecular complexity index is 8.85. The maximum atomic E-state index is 2.14. The van der Waals surface area contributed by atoms with Crippen LogP contribution in [0.5, 0.6) is 0 Å². The Labute approximate surface area is 37.7 Å². The quantitative estimate of drug-likeness (QED) is 0.533. The third-order valence-electron chi connectivity index (χ3n) is 0.289. The van der Waals surface area contributed by atoms with Crippen LogP contribution in [0.2, 0.25) is 0 Å². The zero-order valence-corrected chi connectivity index (χ0v) is 4.64. The van der Waals surface area contributed by atoms with Crippen LogP contribution >= 0.6 is 11.8 Å². The Morgan fingerprint density at radius 3 is 1.80 bits per heavy atom. The summed E-state index contributed by atoms with van der Waals surface area (Å²) in [4.78, 5) is 0. The van der Waals surface area contributed by atoms with Gasteiger partial charge in [0, 0.05) is 0 Å². The van der Waals surface area contributed by atoms with E-state index in [-0.39, 0.29) is 6.15 Å². The van der Waals surface area contributed by atoms with Gasteiger partial charge in [0.05, 0.1) is 0 Å². The lowest BCUT2D eigenvalue weighted by Crippen LogP contribution is -1.52. The van der Waals surface area contributed by atoms with Crippen LogP contribution in [0.25, 0.3) is 0 Å². The van der Waals surface area contributed by atoms with Crippen molar-refractivity contribution < 1.29 is 0 Å². The second kappa shape index (κ2) is 8.85. The van der Waals surface area contributed by atoms with Gasteiger partial charge in [-0.3, -0.25) is 0 Å². The summed E-state index contributed by atoms with van der Waals surface area (Å²) in [6.45, 7) is 2.14. The van der Waals surface area contributed by atoms with Gasteiger partial charge in [-0.05, 0) is 12.0 Å². The van der Waals surface area contributed by atoms with E-state index in [2.05, 4.69) is 13.2 Å². The van der Waals surface area contributed by atoms with Crippen molar-refractivity contribution in [3.05, 3.63) is 0 Å². The van der Waals surface area contributed by atoms with Crippen LogP contribution in [0.4, 0.5) is 0 Å². The van der Waals surface area contributed by atoms with Crippen molar-refractivity contribution >= 4 is 11.8 Å². The molecule has 0 fully saturated rings. The van der Waals surface area contributed by atoms with E-state index in [1.807, 2.05) is 11.8 Å². The van der Waals surface area contributed by atoms with Gasteiger partial charge in [0.15, 0.2) is 0 Å². The normalized spacial score (nSPS) is 6.00. The molecule has 0 spiro atoms. The molecule has 0 heterocycles. The van der Waals surface area contributed by atoms with E-state index in [0.717, 1.165) is 0 Å². The van der Waals surface area contributed by atoms with Crippen LogP contribution in [0.15, 0.2) is 0 Å². The fourth-order valence-corrected chi connectivity index (χ4v) is 0. The summed E-state index contributed by atoms with van der Waals surface area (Å²) in [6, 6.07) is 0. The predicted molar refractivity (Wildman–Crippen MR) is 29.1 cm³/mol. The van der Waals surface area contributed by atoms with Crippen LogP contribution in [0.3, 0.4) is 0 Å². The van der Waals surface area contributed by atoms with Gasteiger partial charge in [0.1, 0.15) is 0 Å². The van der Waals surface area contributed by atoms with E-state index >= 15 is 0 Å². The standard InChI is InChI=1S/C3H8S.H3N/c1-3-4-2;/h3H2,1-2H3;1H3. The Hall–Kier alpha value is 0.310. The molecule has 0 aliphatic carbocycles. The molecule has 2 heteroatoms. The van der Waals surface area contributed by atoms with Crippen molar-refractivity contribution in [2.45, 2.75) is 6.92 Å². The van der Waals surface area contributed by atoms with Crippen molar-refractivity contribution in [2.75, 3.05) is 12.0 Å². The Balaban J connectivity index is 0. The van der Waals surface area contributed by atoms with Gasteiger partial charge in [0.2, 0.25) is 0 Å². The molecule has 1 nitrogen and oxygen atoms in total. The molecule has 0 bridgehead atoms. The molecule has 5 heavy (non-hydrogen) atoms. The lowest BCUT2D eigenvalue weighted by atomic mass is 11.0. The third kappa shape index (κ3) is 13.4. The maximum Gasteiger partial charge on any atom is -0.00988 e.